The van der Waals surface area contributed by atoms with Crippen molar-refractivity contribution >= 4 is 22.1 Å². The number of carboxylic acids is 2. The van der Waals surface area contributed by atoms with E-state index in [-0.39, 0.29) is 50.2 Å². The first-order valence-electron chi connectivity index (χ1n) is 11.6. The van der Waals surface area contributed by atoms with Gasteiger partial charge in [-0.15, -0.1) is 0 Å². The number of unbranched alkanes of at least 4 members (excludes halogenated alkanes) is 12. The minimum absolute atomic E-state index is 0. The molecule has 0 aromatic carbocycles. The number of carbonyl (C=O) groups is 2. The standard InChI is InChI=1S/C22H42O7S.Na.H/c1-3-5-7-9-11-13-15-17-19(20(23)24)22(21(25)26,30(27,28)29)18-16-14-12-10-8-6-4-2;;/h19H,3-18H2,1-2H3,(H,23,24)(H,25,26)(H,27,28,29);;/q;+1;-1. The van der Waals surface area contributed by atoms with Crippen LogP contribution in [0.4, 0.5) is 0 Å². The molecule has 2 atom stereocenters. The molecule has 0 aromatic heterocycles. The van der Waals surface area contributed by atoms with Crippen LogP contribution in [0.15, 0.2) is 0 Å². The summed E-state index contributed by atoms with van der Waals surface area (Å²) in [5.74, 6) is -4.92. The van der Waals surface area contributed by atoms with Crippen LogP contribution in [-0.4, -0.2) is 39.9 Å². The van der Waals surface area contributed by atoms with E-state index in [9.17, 15) is 32.8 Å². The number of rotatable bonds is 20. The van der Waals surface area contributed by atoms with E-state index in [1.807, 2.05) is 0 Å². The number of hydrogen-bond donors (Lipinski definition) is 3. The van der Waals surface area contributed by atoms with E-state index < -0.39 is 32.7 Å². The number of aliphatic carboxylic acids is 2. The van der Waals surface area contributed by atoms with Gasteiger partial charge in [0.25, 0.3) is 10.1 Å². The molecule has 0 saturated carbocycles. The van der Waals surface area contributed by atoms with E-state index in [0.717, 1.165) is 64.2 Å². The monoisotopic (exact) mass is 474 g/mol. The van der Waals surface area contributed by atoms with Crippen LogP contribution in [0.2, 0.25) is 0 Å². The molecule has 0 fully saturated rings. The Hall–Kier alpha value is -0.150. The maximum absolute atomic E-state index is 12.2. The fourth-order valence-electron chi connectivity index (χ4n) is 4.06. The Balaban J connectivity index is -0.00000420. The topological polar surface area (TPSA) is 129 Å². The summed E-state index contributed by atoms with van der Waals surface area (Å²) in [7, 11) is -5.11. The summed E-state index contributed by atoms with van der Waals surface area (Å²) in [6, 6.07) is 0. The molecule has 31 heavy (non-hydrogen) atoms. The zero-order valence-electron chi connectivity index (χ0n) is 20.8. The quantitative estimate of drug-likeness (QED) is 0.141. The van der Waals surface area contributed by atoms with E-state index in [1.165, 1.54) is 0 Å². The molecule has 9 heteroatoms. The molecule has 0 heterocycles. The smallest absolute Gasteiger partial charge is 1.00 e. The molecule has 2 unspecified atom stereocenters. The van der Waals surface area contributed by atoms with Gasteiger partial charge in [-0.3, -0.25) is 14.1 Å². The van der Waals surface area contributed by atoms with Gasteiger partial charge >= 0.3 is 41.5 Å². The van der Waals surface area contributed by atoms with E-state index in [4.69, 9.17) is 0 Å². The Morgan fingerprint density at radius 1 is 0.774 bits per heavy atom. The first-order chi connectivity index (χ1) is 14.1. The molecule has 0 spiro atoms. The Labute approximate surface area is 212 Å². The first kappa shape index (κ1) is 33.0. The van der Waals surface area contributed by atoms with Crippen molar-refractivity contribution in [3.8, 4) is 0 Å². The predicted octanol–water partition coefficient (Wildman–Crippen LogP) is 2.80. The zero-order chi connectivity index (χ0) is 23.0. The molecular weight excluding hydrogens is 431 g/mol. The van der Waals surface area contributed by atoms with Crippen LogP contribution in [0.3, 0.4) is 0 Å². The van der Waals surface area contributed by atoms with Gasteiger partial charge in [-0.1, -0.05) is 104 Å². The Morgan fingerprint density at radius 2 is 1.16 bits per heavy atom. The van der Waals surface area contributed by atoms with E-state index in [1.54, 1.807) is 0 Å². The predicted molar refractivity (Wildman–Crippen MR) is 119 cm³/mol. The van der Waals surface area contributed by atoms with Crippen LogP contribution in [0, 0.1) is 5.92 Å². The maximum Gasteiger partial charge on any atom is 1.00 e. The van der Waals surface area contributed by atoms with Crippen molar-refractivity contribution in [1.82, 2.24) is 0 Å². The van der Waals surface area contributed by atoms with Crippen molar-refractivity contribution in [2.45, 2.75) is 121 Å². The van der Waals surface area contributed by atoms with Crippen LogP contribution in [0.1, 0.15) is 118 Å². The fourth-order valence-corrected chi connectivity index (χ4v) is 5.26. The van der Waals surface area contributed by atoms with Gasteiger partial charge in [0.05, 0.1) is 5.92 Å². The summed E-state index contributed by atoms with van der Waals surface area (Å²) in [6.07, 6.45) is 11.9. The second kappa shape index (κ2) is 18.3. The third kappa shape index (κ3) is 12.0. The Kier molecular flexibility index (Phi) is 19.5. The van der Waals surface area contributed by atoms with Gasteiger partial charge in [0.2, 0.25) is 4.75 Å². The molecular formula is C22H43NaO7S. The second-order valence-electron chi connectivity index (χ2n) is 8.34. The second-order valence-corrected chi connectivity index (χ2v) is 10.0. The van der Waals surface area contributed by atoms with Crippen molar-refractivity contribution in [2.75, 3.05) is 0 Å². The van der Waals surface area contributed by atoms with Crippen LogP contribution in [-0.2, 0) is 19.7 Å². The molecule has 7 nitrogen and oxygen atoms in total. The number of carboxylic acid groups (broad SMARTS) is 2. The first-order valence-corrected chi connectivity index (χ1v) is 13.0. The third-order valence-electron chi connectivity index (χ3n) is 5.93. The zero-order valence-corrected chi connectivity index (χ0v) is 22.6. The van der Waals surface area contributed by atoms with Gasteiger partial charge in [-0.25, -0.2) is 0 Å². The average Bonchev–Trinajstić information content (AvgIpc) is 2.65. The molecule has 0 aliphatic rings. The van der Waals surface area contributed by atoms with Gasteiger partial charge < -0.3 is 11.6 Å². The maximum atomic E-state index is 12.2. The Morgan fingerprint density at radius 3 is 1.52 bits per heavy atom. The van der Waals surface area contributed by atoms with E-state index in [0.29, 0.717) is 19.3 Å². The van der Waals surface area contributed by atoms with Crippen molar-refractivity contribution in [3.05, 3.63) is 0 Å². The summed E-state index contributed by atoms with van der Waals surface area (Å²) in [6.45, 7) is 4.22. The largest absolute Gasteiger partial charge is 1.00 e. The Bertz CT molecular complexity index is 601. The molecule has 0 bridgehead atoms. The van der Waals surface area contributed by atoms with Gasteiger partial charge in [-0.2, -0.15) is 8.42 Å². The molecule has 180 valence electrons. The van der Waals surface area contributed by atoms with Crippen LogP contribution < -0.4 is 29.6 Å². The minimum atomic E-state index is -5.11. The van der Waals surface area contributed by atoms with Crippen LogP contribution >= 0.6 is 0 Å². The van der Waals surface area contributed by atoms with Gasteiger partial charge in [-0.05, 0) is 12.8 Å². The molecule has 0 saturated heterocycles. The van der Waals surface area contributed by atoms with E-state index in [2.05, 4.69) is 13.8 Å². The van der Waals surface area contributed by atoms with Crippen LogP contribution in [0.25, 0.3) is 0 Å². The van der Waals surface area contributed by atoms with E-state index >= 15 is 0 Å². The summed E-state index contributed by atoms with van der Waals surface area (Å²) in [5, 5.41) is 19.4. The van der Waals surface area contributed by atoms with Gasteiger partial charge in [0, 0.05) is 0 Å². The van der Waals surface area contributed by atoms with Crippen molar-refractivity contribution in [2.24, 2.45) is 5.92 Å². The van der Waals surface area contributed by atoms with Crippen LogP contribution in [0.5, 0.6) is 0 Å². The molecule has 0 radical (unpaired) electrons. The van der Waals surface area contributed by atoms with Gasteiger partial charge in [0.1, 0.15) is 0 Å². The van der Waals surface area contributed by atoms with Crippen molar-refractivity contribution < 1.29 is 63.8 Å². The minimum Gasteiger partial charge on any atom is -1.00 e. The molecule has 3 N–H and O–H groups in total. The summed E-state index contributed by atoms with van der Waals surface area (Å²) < 4.78 is 31.5. The van der Waals surface area contributed by atoms with Crippen molar-refractivity contribution in [1.29, 1.82) is 0 Å². The normalized spacial score (nSPS) is 14.4. The molecule has 0 amide bonds. The molecule has 0 aromatic rings. The molecule has 0 aliphatic heterocycles. The SMILES string of the molecule is CCCCCCCCCC(C(=O)O)C(CCCCCCCCC)(C(=O)O)S(=O)(=O)O.[H-].[Na+]. The summed E-state index contributed by atoms with van der Waals surface area (Å²) >= 11 is 0. The summed E-state index contributed by atoms with van der Waals surface area (Å²) in [4.78, 5) is 23.9. The van der Waals surface area contributed by atoms with Gasteiger partial charge in [0.15, 0.2) is 0 Å². The third-order valence-corrected chi connectivity index (χ3v) is 7.52. The fraction of sp³-hybridized carbons (Fsp3) is 0.909. The molecule has 0 aliphatic carbocycles. The molecule has 0 rings (SSSR count). The average molecular weight is 475 g/mol. The number of hydrogen-bond acceptors (Lipinski definition) is 4. The summed E-state index contributed by atoms with van der Waals surface area (Å²) in [5.41, 5.74) is 0. The van der Waals surface area contributed by atoms with Crippen molar-refractivity contribution in [3.63, 3.8) is 0 Å².